The summed E-state index contributed by atoms with van der Waals surface area (Å²) in [6.07, 6.45) is 3.08. The molecule has 1 aromatic carbocycles. The highest BCUT2D eigenvalue weighted by atomic mass is 35.5. The number of aryl methyl sites for hydroxylation is 2. The standard InChI is InChI=1S/C13H12ClN5/c1-7-3-9-10(4-8(7)2)19(6-18-9)13-11(14)12(15)16-5-17-13/h3-6H,1-2H3,(H2,15,16,17). The van der Waals surface area contributed by atoms with Crippen LogP contribution >= 0.6 is 11.6 Å². The van der Waals surface area contributed by atoms with E-state index in [1.54, 1.807) is 6.33 Å². The molecule has 19 heavy (non-hydrogen) atoms. The van der Waals surface area contributed by atoms with Gasteiger partial charge in [-0.15, -0.1) is 0 Å². The number of hydrogen-bond donors (Lipinski definition) is 1. The molecule has 0 radical (unpaired) electrons. The average molecular weight is 274 g/mol. The minimum absolute atomic E-state index is 0.261. The van der Waals surface area contributed by atoms with Crippen molar-refractivity contribution in [2.75, 3.05) is 5.73 Å². The van der Waals surface area contributed by atoms with E-state index in [0.29, 0.717) is 10.8 Å². The summed E-state index contributed by atoms with van der Waals surface area (Å²) in [6, 6.07) is 4.10. The molecular formula is C13H12ClN5. The Morgan fingerprint density at radius 1 is 1.11 bits per heavy atom. The molecule has 0 aliphatic carbocycles. The van der Waals surface area contributed by atoms with E-state index in [1.807, 2.05) is 10.6 Å². The summed E-state index contributed by atoms with van der Waals surface area (Å²) in [6.45, 7) is 4.12. The number of imidazole rings is 1. The third-order valence-corrected chi connectivity index (χ3v) is 3.55. The molecule has 0 saturated carbocycles. The first-order chi connectivity index (χ1) is 9.08. The van der Waals surface area contributed by atoms with Crippen LogP contribution in [0.1, 0.15) is 11.1 Å². The van der Waals surface area contributed by atoms with E-state index in [9.17, 15) is 0 Å². The Morgan fingerprint density at radius 3 is 2.63 bits per heavy atom. The molecule has 0 atom stereocenters. The first kappa shape index (κ1) is 11.9. The number of rotatable bonds is 1. The van der Waals surface area contributed by atoms with Gasteiger partial charge in [0.2, 0.25) is 0 Å². The predicted octanol–water partition coefficient (Wildman–Crippen LogP) is 2.67. The van der Waals surface area contributed by atoms with Gasteiger partial charge in [0.05, 0.1) is 11.0 Å². The smallest absolute Gasteiger partial charge is 0.162 e. The van der Waals surface area contributed by atoms with Crippen molar-refractivity contribution in [1.29, 1.82) is 0 Å². The number of hydrogen-bond acceptors (Lipinski definition) is 4. The Hall–Kier alpha value is -2.14. The van der Waals surface area contributed by atoms with E-state index in [0.717, 1.165) is 11.0 Å². The second kappa shape index (κ2) is 4.20. The Kier molecular flexibility index (Phi) is 2.64. The molecule has 0 bridgehead atoms. The van der Waals surface area contributed by atoms with Gasteiger partial charge in [-0.25, -0.2) is 15.0 Å². The minimum atomic E-state index is 0.261. The summed E-state index contributed by atoms with van der Waals surface area (Å²) in [7, 11) is 0. The normalized spacial score (nSPS) is 11.1. The monoisotopic (exact) mass is 273 g/mol. The number of aromatic nitrogens is 4. The molecule has 2 heterocycles. The van der Waals surface area contributed by atoms with Crippen LogP contribution in [0.5, 0.6) is 0 Å². The highest BCUT2D eigenvalue weighted by Gasteiger charge is 2.12. The van der Waals surface area contributed by atoms with Crippen molar-refractivity contribution in [3.8, 4) is 5.82 Å². The van der Waals surface area contributed by atoms with E-state index in [-0.39, 0.29) is 5.82 Å². The predicted molar refractivity (Wildman–Crippen MR) is 75.6 cm³/mol. The fraction of sp³-hybridized carbons (Fsp3) is 0.154. The Labute approximate surface area is 115 Å². The zero-order valence-corrected chi connectivity index (χ0v) is 11.3. The van der Waals surface area contributed by atoms with Crippen LogP contribution in [0, 0.1) is 13.8 Å². The van der Waals surface area contributed by atoms with Gasteiger partial charge in [0.1, 0.15) is 23.5 Å². The van der Waals surface area contributed by atoms with Gasteiger partial charge in [-0.05, 0) is 37.1 Å². The lowest BCUT2D eigenvalue weighted by molar-refractivity contribution is 0.998. The number of fused-ring (bicyclic) bond motifs is 1. The Morgan fingerprint density at radius 2 is 1.84 bits per heavy atom. The summed E-state index contributed by atoms with van der Waals surface area (Å²) in [5.41, 5.74) is 9.94. The number of nitrogens with two attached hydrogens (primary N) is 1. The van der Waals surface area contributed by atoms with Crippen LogP contribution in [-0.4, -0.2) is 19.5 Å². The van der Waals surface area contributed by atoms with E-state index in [2.05, 4.69) is 34.9 Å². The van der Waals surface area contributed by atoms with Crippen LogP contribution in [0.15, 0.2) is 24.8 Å². The maximum absolute atomic E-state index is 6.16. The zero-order valence-electron chi connectivity index (χ0n) is 10.6. The van der Waals surface area contributed by atoms with Crippen molar-refractivity contribution in [2.24, 2.45) is 0 Å². The van der Waals surface area contributed by atoms with Crippen LogP contribution in [-0.2, 0) is 0 Å². The van der Waals surface area contributed by atoms with E-state index in [4.69, 9.17) is 17.3 Å². The number of anilines is 1. The molecule has 0 aliphatic rings. The van der Waals surface area contributed by atoms with Gasteiger partial charge in [-0.1, -0.05) is 11.6 Å². The van der Waals surface area contributed by atoms with Gasteiger partial charge in [0.15, 0.2) is 5.82 Å². The highest BCUT2D eigenvalue weighted by molar-refractivity contribution is 6.34. The second-order valence-corrected chi connectivity index (χ2v) is 4.81. The van der Waals surface area contributed by atoms with Crippen molar-refractivity contribution in [2.45, 2.75) is 13.8 Å². The van der Waals surface area contributed by atoms with Crippen LogP contribution in [0.25, 0.3) is 16.9 Å². The quantitative estimate of drug-likeness (QED) is 0.740. The molecule has 0 saturated heterocycles. The summed E-state index contributed by atoms with van der Waals surface area (Å²) in [5, 5.41) is 0.333. The van der Waals surface area contributed by atoms with Gasteiger partial charge >= 0.3 is 0 Å². The second-order valence-electron chi connectivity index (χ2n) is 4.44. The van der Waals surface area contributed by atoms with Gasteiger partial charge in [0.25, 0.3) is 0 Å². The number of halogens is 1. The lowest BCUT2D eigenvalue weighted by atomic mass is 10.1. The topological polar surface area (TPSA) is 69.6 Å². The van der Waals surface area contributed by atoms with Gasteiger partial charge in [-0.2, -0.15) is 0 Å². The molecular weight excluding hydrogens is 262 g/mol. The average Bonchev–Trinajstić information content (AvgIpc) is 2.76. The SMILES string of the molecule is Cc1cc2ncn(-c3ncnc(N)c3Cl)c2cc1C. The maximum Gasteiger partial charge on any atom is 0.162 e. The maximum atomic E-state index is 6.16. The summed E-state index contributed by atoms with van der Waals surface area (Å²) in [4.78, 5) is 12.4. The molecule has 2 N–H and O–H groups in total. The first-order valence-electron chi connectivity index (χ1n) is 5.78. The van der Waals surface area contributed by atoms with Crippen LogP contribution in [0.3, 0.4) is 0 Å². The number of nitrogen functional groups attached to an aromatic ring is 1. The highest BCUT2D eigenvalue weighted by Crippen LogP contribution is 2.26. The van der Waals surface area contributed by atoms with Crippen molar-refractivity contribution in [1.82, 2.24) is 19.5 Å². The van der Waals surface area contributed by atoms with Crippen molar-refractivity contribution >= 4 is 28.5 Å². The molecule has 0 fully saturated rings. The third-order valence-electron chi connectivity index (χ3n) is 3.19. The van der Waals surface area contributed by atoms with Crippen molar-refractivity contribution in [3.05, 3.63) is 40.9 Å². The van der Waals surface area contributed by atoms with E-state index < -0.39 is 0 Å². The Bertz CT molecular complexity index is 778. The molecule has 96 valence electrons. The number of nitrogens with zero attached hydrogens (tertiary/aromatic N) is 4. The van der Waals surface area contributed by atoms with E-state index in [1.165, 1.54) is 17.5 Å². The third kappa shape index (κ3) is 1.82. The van der Waals surface area contributed by atoms with Crippen LogP contribution in [0.4, 0.5) is 5.82 Å². The van der Waals surface area contributed by atoms with Gasteiger partial charge in [0, 0.05) is 0 Å². The van der Waals surface area contributed by atoms with E-state index >= 15 is 0 Å². The lowest BCUT2D eigenvalue weighted by Crippen LogP contribution is -2.02. The summed E-state index contributed by atoms with van der Waals surface area (Å²) < 4.78 is 1.82. The molecule has 6 heteroatoms. The molecule has 0 unspecified atom stereocenters. The fourth-order valence-electron chi connectivity index (χ4n) is 1.97. The van der Waals surface area contributed by atoms with Gasteiger partial charge in [-0.3, -0.25) is 4.57 Å². The molecule has 3 rings (SSSR count). The Balaban J connectivity index is 2.31. The summed E-state index contributed by atoms with van der Waals surface area (Å²) >= 11 is 6.16. The largest absolute Gasteiger partial charge is 0.382 e. The zero-order chi connectivity index (χ0) is 13.6. The van der Waals surface area contributed by atoms with Crippen LogP contribution < -0.4 is 5.73 Å². The molecule has 0 amide bonds. The summed E-state index contributed by atoms with van der Waals surface area (Å²) in [5.74, 6) is 0.803. The molecule has 0 spiro atoms. The molecule has 2 aromatic heterocycles. The molecule has 3 aromatic rings. The first-order valence-corrected chi connectivity index (χ1v) is 6.16. The van der Waals surface area contributed by atoms with Gasteiger partial charge < -0.3 is 5.73 Å². The van der Waals surface area contributed by atoms with Crippen LogP contribution in [0.2, 0.25) is 5.02 Å². The molecule has 5 nitrogen and oxygen atoms in total. The minimum Gasteiger partial charge on any atom is -0.382 e. The lowest BCUT2D eigenvalue weighted by Gasteiger charge is -2.07. The number of benzene rings is 1. The fourth-order valence-corrected chi connectivity index (χ4v) is 2.16. The van der Waals surface area contributed by atoms with Crippen molar-refractivity contribution < 1.29 is 0 Å². The van der Waals surface area contributed by atoms with Crippen molar-refractivity contribution in [3.63, 3.8) is 0 Å². The molecule has 0 aliphatic heterocycles.